The lowest BCUT2D eigenvalue weighted by molar-refractivity contribution is -0.123. The highest BCUT2D eigenvalue weighted by Gasteiger charge is 2.13. The van der Waals surface area contributed by atoms with Gasteiger partial charge in [0.15, 0.2) is 18.2 Å². The smallest absolute Gasteiger partial charge is 0.258 e. The average Bonchev–Trinajstić information content (AvgIpc) is 2.60. The van der Waals surface area contributed by atoms with Crippen LogP contribution in [0.5, 0.6) is 11.5 Å². The molecule has 5 nitrogen and oxygen atoms in total. The molecular weight excluding hydrogens is 311 g/mol. The van der Waals surface area contributed by atoms with Crippen molar-refractivity contribution in [1.82, 2.24) is 5.32 Å². The minimum atomic E-state index is -0.490. The van der Waals surface area contributed by atoms with Crippen molar-refractivity contribution in [2.24, 2.45) is 0 Å². The number of carbonyl (C=O) groups excluding carboxylic acids is 1. The van der Waals surface area contributed by atoms with Gasteiger partial charge in [-0.15, -0.1) is 0 Å². The molecule has 0 radical (unpaired) electrons. The van der Waals surface area contributed by atoms with Gasteiger partial charge >= 0.3 is 0 Å². The van der Waals surface area contributed by atoms with Gasteiger partial charge in [-0.05, 0) is 36.8 Å². The Morgan fingerprint density at radius 2 is 2.04 bits per heavy atom. The monoisotopic (exact) mass is 328 g/mol. The van der Waals surface area contributed by atoms with Gasteiger partial charge in [0.1, 0.15) is 11.8 Å². The summed E-state index contributed by atoms with van der Waals surface area (Å²) in [5, 5.41) is 11.7. The molecule has 1 N–H and O–H groups in total. The zero-order valence-electron chi connectivity index (χ0n) is 13.4. The van der Waals surface area contributed by atoms with Gasteiger partial charge in [0.2, 0.25) is 0 Å². The van der Waals surface area contributed by atoms with E-state index in [4.69, 9.17) is 14.7 Å². The number of nitrogens with one attached hydrogen (secondary N) is 1. The number of ether oxygens (including phenoxy) is 2. The molecule has 0 aliphatic carbocycles. The third kappa shape index (κ3) is 4.23. The molecule has 2 aromatic carbocycles. The first-order valence-corrected chi connectivity index (χ1v) is 7.30. The van der Waals surface area contributed by atoms with Crippen LogP contribution in [0, 0.1) is 17.1 Å². The van der Waals surface area contributed by atoms with Gasteiger partial charge in [-0.25, -0.2) is 4.39 Å². The van der Waals surface area contributed by atoms with Gasteiger partial charge in [0, 0.05) is 0 Å². The van der Waals surface area contributed by atoms with E-state index in [1.165, 1.54) is 19.2 Å². The van der Waals surface area contributed by atoms with Crippen molar-refractivity contribution in [2.75, 3.05) is 13.7 Å². The van der Waals surface area contributed by atoms with Crippen LogP contribution in [0.15, 0.2) is 42.5 Å². The van der Waals surface area contributed by atoms with Crippen LogP contribution in [0.4, 0.5) is 4.39 Å². The molecule has 0 aliphatic heterocycles. The van der Waals surface area contributed by atoms with Crippen LogP contribution in [0.2, 0.25) is 0 Å². The Hall–Kier alpha value is -3.07. The zero-order valence-corrected chi connectivity index (χ0v) is 13.4. The minimum absolute atomic E-state index is 0.147. The second-order valence-electron chi connectivity index (χ2n) is 5.08. The average molecular weight is 328 g/mol. The highest BCUT2D eigenvalue weighted by atomic mass is 19.1. The normalized spacial score (nSPS) is 11.2. The van der Waals surface area contributed by atoms with Crippen LogP contribution in [0.3, 0.4) is 0 Å². The minimum Gasteiger partial charge on any atom is -0.494 e. The van der Waals surface area contributed by atoms with Gasteiger partial charge in [0.05, 0.1) is 18.7 Å². The summed E-state index contributed by atoms with van der Waals surface area (Å²) in [6.45, 7) is 1.50. The summed E-state index contributed by atoms with van der Waals surface area (Å²) in [4.78, 5) is 12.0. The lowest BCUT2D eigenvalue weighted by atomic mass is 10.1. The number of halogens is 1. The van der Waals surface area contributed by atoms with E-state index < -0.39 is 11.9 Å². The van der Waals surface area contributed by atoms with Crippen molar-refractivity contribution in [3.63, 3.8) is 0 Å². The van der Waals surface area contributed by atoms with E-state index in [-0.39, 0.29) is 18.3 Å². The van der Waals surface area contributed by atoms with Gasteiger partial charge in [-0.3, -0.25) is 4.79 Å². The zero-order chi connectivity index (χ0) is 17.5. The van der Waals surface area contributed by atoms with Crippen molar-refractivity contribution in [2.45, 2.75) is 13.0 Å². The summed E-state index contributed by atoms with van der Waals surface area (Å²) in [6, 6.07) is 12.8. The molecule has 0 saturated carbocycles. The molecule has 0 heterocycles. The number of rotatable bonds is 6. The number of hydrogen-bond donors (Lipinski definition) is 1. The molecule has 0 saturated heterocycles. The Labute approximate surface area is 139 Å². The first kappa shape index (κ1) is 17.3. The predicted molar refractivity (Wildman–Crippen MR) is 86.2 cm³/mol. The summed E-state index contributed by atoms with van der Waals surface area (Å²) in [7, 11) is 1.39. The fraction of sp³-hybridized carbons (Fsp3) is 0.222. The standard InChI is InChI=1S/C18H17FN2O3/c1-12(13-7-8-17(23-2)15(19)9-13)21-18(22)11-24-16-6-4-3-5-14(16)10-20/h3-9,12H,11H2,1-2H3,(H,21,22)/t12-/m1/s1. The van der Waals surface area contributed by atoms with Crippen molar-refractivity contribution >= 4 is 5.91 Å². The van der Waals surface area contributed by atoms with Gasteiger partial charge in [-0.1, -0.05) is 18.2 Å². The molecule has 0 fully saturated rings. The number of carbonyl (C=O) groups is 1. The van der Waals surface area contributed by atoms with Crippen molar-refractivity contribution in [1.29, 1.82) is 5.26 Å². The number of benzene rings is 2. The van der Waals surface area contributed by atoms with Gasteiger partial charge in [-0.2, -0.15) is 5.26 Å². The Bertz CT molecular complexity index is 771. The number of para-hydroxylation sites is 1. The number of amides is 1. The Kier molecular flexibility index (Phi) is 5.74. The van der Waals surface area contributed by atoms with Crippen molar-refractivity contribution < 1.29 is 18.7 Å². The third-order valence-corrected chi connectivity index (χ3v) is 3.42. The lowest BCUT2D eigenvalue weighted by Crippen LogP contribution is -2.31. The largest absolute Gasteiger partial charge is 0.494 e. The van der Waals surface area contributed by atoms with Crippen LogP contribution in [-0.4, -0.2) is 19.6 Å². The van der Waals surface area contributed by atoms with E-state index in [0.717, 1.165) is 0 Å². The van der Waals surface area contributed by atoms with E-state index in [1.807, 2.05) is 6.07 Å². The summed E-state index contributed by atoms with van der Waals surface area (Å²) < 4.78 is 23.9. The molecule has 124 valence electrons. The van der Waals surface area contributed by atoms with Crippen molar-refractivity contribution in [3.05, 3.63) is 59.4 Å². The SMILES string of the molecule is COc1ccc([C@@H](C)NC(=O)COc2ccccc2C#N)cc1F. The summed E-state index contributed by atoms with van der Waals surface area (Å²) in [6.07, 6.45) is 0. The number of methoxy groups -OCH3 is 1. The summed E-state index contributed by atoms with van der Waals surface area (Å²) >= 11 is 0. The van der Waals surface area contributed by atoms with E-state index in [9.17, 15) is 9.18 Å². The van der Waals surface area contributed by atoms with Gasteiger partial charge < -0.3 is 14.8 Å². The van der Waals surface area contributed by atoms with E-state index in [0.29, 0.717) is 16.9 Å². The molecule has 1 amide bonds. The number of hydrogen-bond acceptors (Lipinski definition) is 4. The maximum absolute atomic E-state index is 13.7. The highest BCUT2D eigenvalue weighted by Crippen LogP contribution is 2.22. The predicted octanol–water partition coefficient (Wildman–Crippen LogP) is 2.96. The van der Waals surface area contributed by atoms with Crippen LogP contribution < -0.4 is 14.8 Å². The molecule has 6 heteroatoms. The quantitative estimate of drug-likeness (QED) is 0.885. The fourth-order valence-corrected chi connectivity index (χ4v) is 2.15. The van der Waals surface area contributed by atoms with E-state index >= 15 is 0 Å². The first-order valence-electron chi connectivity index (χ1n) is 7.30. The lowest BCUT2D eigenvalue weighted by Gasteiger charge is -2.15. The number of nitriles is 1. The molecule has 0 bridgehead atoms. The van der Waals surface area contributed by atoms with E-state index in [1.54, 1.807) is 37.3 Å². The molecule has 24 heavy (non-hydrogen) atoms. The van der Waals surface area contributed by atoms with Crippen LogP contribution in [0.1, 0.15) is 24.1 Å². The topological polar surface area (TPSA) is 71.3 Å². The molecule has 0 spiro atoms. The second kappa shape index (κ2) is 7.97. The summed E-state index contributed by atoms with van der Waals surface area (Å²) in [5.74, 6) is -0.367. The summed E-state index contributed by atoms with van der Waals surface area (Å²) in [5.41, 5.74) is 0.967. The Morgan fingerprint density at radius 3 is 2.71 bits per heavy atom. The van der Waals surface area contributed by atoms with Crippen LogP contribution in [-0.2, 0) is 4.79 Å². The second-order valence-corrected chi connectivity index (χ2v) is 5.08. The molecule has 0 aromatic heterocycles. The fourth-order valence-electron chi connectivity index (χ4n) is 2.15. The van der Waals surface area contributed by atoms with Crippen LogP contribution >= 0.6 is 0 Å². The third-order valence-electron chi connectivity index (χ3n) is 3.42. The molecule has 1 atom stereocenters. The molecular formula is C18H17FN2O3. The molecule has 2 aromatic rings. The molecule has 2 rings (SSSR count). The maximum atomic E-state index is 13.7. The number of nitrogens with zero attached hydrogens (tertiary/aromatic N) is 1. The van der Waals surface area contributed by atoms with Crippen LogP contribution in [0.25, 0.3) is 0 Å². The maximum Gasteiger partial charge on any atom is 0.258 e. The molecule has 0 unspecified atom stereocenters. The first-order chi connectivity index (χ1) is 11.5. The van der Waals surface area contributed by atoms with Gasteiger partial charge in [0.25, 0.3) is 5.91 Å². The Balaban J connectivity index is 1.94. The highest BCUT2D eigenvalue weighted by molar-refractivity contribution is 5.78. The molecule has 0 aliphatic rings. The van der Waals surface area contributed by atoms with Crippen molar-refractivity contribution in [3.8, 4) is 17.6 Å². The van der Waals surface area contributed by atoms with E-state index in [2.05, 4.69) is 5.32 Å². The Morgan fingerprint density at radius 1 is 1.29 bits per heavy atom.